The van der Waals surface area contributed by atoms with Crippen LogP contribution in [0.5, 0.6) is 5.75 Å². The van der Waals surface area contributed by atoms with E-state index >= 15 is 0 Å². The van der Waals surface area contributed by atoms with Crippen LogP contribution in [0.4, 0.5) is 0 Å². The van der Waals surface area contributed by atoms with Crippen LogP contribution in [0.25, 0.3) is 10.2 Å². The second-order valence-electron chi connectivity index (χ2n) is 8.69. The second-order valence-corrected chi connectivity index (χ2v) is 10.7. The molecule has 1 aliphatic carbocycles. The number of thiophene rings is 1. The Bertz CT molecular complexity index is 1110. The van der Waals surface area contributed by atoms with Gasteiger partial charge in [0.15, 0.2) is 0 Å². The van der Waals surface area contributed by atoms with Crippen LogP contribution in [0.2, 0.25) is 0 Å². The number of nitrogens with one attached hydrogen (secondary N) is 1. The molecule has 3 aromatic rings. The third kappa shape index (κ3) is 5.03. The normalized spacial score (nSPS) is 17.1. The quantitative estimate of drug-likeness (QED) is 0.373. The molecule has 8 heteroatoms. The average molecular weight is 483 g/mol. The number of piperidine rings is 1. The zero-order valence-electron chi connectivity index (χ0n) is 19.0. The molecule has 0 saturated carbocycles. The largest absolute Gasteiger partial charge is 0.497 e. The van der Waals surface area contributed by atoms with Crippen molar-refractivity contribution < 1.29 is 9.53 Å². The molecule has 2 aromatic heterocycles. The Morgan fingerprint density at radius 2 is 1.97 bits per heavy atom. The minimum atomic E-state index is 0.0501. The predicted octanol–water partition coefficient (Wildman–Crippen LogP) is 4.62. The van der Waals surface area contributed by atoms with Gasteiger partial charge in [-0.05, 0) is 68.5 Å². The van der Waals surface area contributed by atoms with Crippen molar-refractivity contribution in [2.75, 3.05) is 32.5 Å². The summed E-state index contributed by atoms with van der Waals surface area (Å²) in [5, 5.41) is 5.32. The van der Waals surface area contributed by atoms with Gasteiger partial charge in [0.05, 0.1) is 18.9 Å². The summed E-state index contributed by atoms with van der Waals surface area (Å²) in [4.78, 5) is 26.8. The molecular formula is C25H30N4O2S2. The molecule has 2 aliphatic rings. The van der Waals surface area contributed by atoms with Crippen LogP contribution in [-0.4, -0.2) is 53.3 Å². The minimum absolute atomic E-state index is 0.0501. The number of likely N-dealkylation sites (tertiary alicyclic amines) is 1. The Morgan fingerprint density at radius 3 is 2.76 bits per heavy atom. The first kappa shape index (κ1) is 22.6. The maximum Gasteiger partial charge on any atom is 0.230 e. The van der Waals surface area contributed by atoms with Crippen LogP contribution in [-0.2, 0) is 17.6 Å². The number of hydrogen-bond acceptors (Lipinski definition) is 7. The third-order valence-corrected chi connectivity index (χ3v) is 8.82. The lowest BCUT2D eigenvalue weighted by Crippen LogP contribution is -2.41. The monoisotopic (exact) mass is 482 g/mol. The standard InChI is InChI=1S/C25H30N4O2S2/c1-31-18-10-8-17(9-11-18)20(29-12-3-2-4-13-29)14-26-22(30)15-32-24-23-19-6-5-7-21(19)33-25(23)28-16-27-24/h8-11,16,20H,2-7,12-15H2,1H3,(H,26,30). The van der Waals surface area contributed by atoms with Gasteiger partial charge in [0.1, 0.15) is 21.9 Å². The first-order valence-electron chi connectivity index (χ1n) is 11.8. The van der Waals surface area contributed by atoms with Crippen LogP contribution >= 0.6 is 23.1 Å². The number of hydrogen-bond donors (Lipinski definition) is 1. The maximum atomic E-state index is 12.8. The highest BCUT2D eigenvalue weighted by Gasteiger charge is 2.24. The summed E-state index contributed by atoms with van der Waals surface area (Å²) in [5.74, 6) is 1.27. The molecule has 174 valence electrons. The van der Waals surface area contributed by atoms with E-state index in [9.17, 15) is 4.79 Å². The predicted molar refractivity (Wildman–Crippen MR) is 134 cm³/mol. The number of rotatable bonds is 8. The van der Waals surface area contributed by atoms with Crippen molar-refractivity contribution in [3.8, 4) is 5.75 Å². The van der Waals surface area contributed by atoms with E-state index in [1.165, 1.54) is 58.8 Å². The summed E-state index contributed by atoms with van der Waals surface area (Å²) < 4.78 is 5.32. The maximum absolute atomic E-state index is 12.8. The van der Waals surface area contributed by atoms with Gasteiger partial charge in [0, 0.05) is 16.8 Å². The van der Waals surface area contributed by atoms with Gasteiger partial charge in [-0.3, -0.25) is 9.69 Å². The van der Waals surface area contributed by atoms with Gasteiger partial charge in [-0.25, -0.2) is 9.97 Å². The fraction of sp³-hybridized carbons (Fsp3) is 0.480. The SMILES string of the molecule is COc1ccc(C(CNC(=O)CSc2ncnc3sc4c(c23)CCC4)N2CCCCC2)cc1. The van der Waals surface area contributed by atoms with Gasteiger partial charge in [-0.1, -0.05) is 30.3 Å². The number of aryl methyl sites for hydroxylation is 2. The molecule has 5 rings (SSSR count). The molecule has 1 saturated heterocycles. The van der Waals surface area contributed by atoms with Crippen molar-refractivity contribution in [1.82, 2.24) is 20.2 Å². The molecule has 1 aromatic carbocycles. The molecule has 0 radical (unpaired) electrons. The first-order chi connectivity index (χ1) is 16.2. The van der Waals surface area contributed by atoms with E-state index in [4.69, 9.17) is 4.74 Å². The topological polar surface area (TPSA) is 67.3 Å². The Morgan fingerprint density at radius 1 is 1.15 bits per heavy atom. The van der Waals surface area contributed by atoms with E-state index < -0.39 is 0 Å². The molecule has 1 aliphatic heterocycles. The molecule has 0 spiro atoms. The molecule has 1 unspecified atom stereocenters. The third-order valence-electron chi connectivity index (χ3n) is 6.63. The van der Waals surface area contributed by atoms with Crippen molar-refractivity contribution in [3.05, 3.63) is 46.6 Å². The zero-order valence-corrected chi connectivity index (χ0v) is 20.6. The number of ether oxygens (including phenoxy) is 1. The van der Waals surface area contributed by atoms with Crippen LogP contribution in [0, 0.1) is 0 Å². The molecule has 1 atom stereocenters. The molecule has 1 N–H and O–H groups in total. The van der Waals surface area contributed by atoms with Gasteiger partial charge in [-0.15, -0.1) is 11.3 Å². The summed E-state index contributed by atoms with van der Waals surface area (Å²) in [6.07, 6.45) is 8.79. The zero-order chi connectivity index (χ0) is 22.6. The highest BCUT2D eigenvalue weighted by molar-refractivity contribution is 8.00. The number of fused-ring (bicyclic) bond motifs is 3. The van der Waals surface area contributed by atoms with Crippen molar-refractivity contribution >= 4 is 39.2 Å². The van der Waals surface area contributed by atoms with Gasteiger partial charge in [0.25, 0.3) is 0 Å². The number of methoxy groups -OCH3 is 1. The summed E-state index contributed by atoms with van der Waals surface area (Å²) in [6, 6.07) is 8.42. The summed E-state index contributed by atoms with van der Waals surface area (Å²) in [5.41, 5.74) is 2.63. The number of benzene rings is 1. The molecule has 1 fully saturated rings. The molecule has 33 heavy (non-hydrogen) atoms. The van der Waals surface area contributed by atoms with Gasteiger partial charge in [-0.2, -0.15) is 0 Å². The van der Waals surface area contributed by atoms with E-state index in [0.29, 0.717) is 12.3 Å². The van der Waals surface area contributed by atoms with Crippen molar-refractivity contribution in [2.24, 2.45) is 0 Å². The Balaban J connectivity index is 1.24. The second kappa shape index (κ2) is 10.4. The number of aromatic nitrogens is 2. The lowest BCUT2D eigenvalue weighted by molar-refractivity contribution is -0.118. The number of thioether (sulfide) groups is 1. The van der Waals surface area contributed by atoms with Crippen molar-refractivity contribution in [3.63, 3.8) is 0 Å². The number of carbonyl (C=O) groups excluding carboxylic acids is 1. The van der Waals surface area contributed by atoms with E-state index in [2.05, 4.69) is 32.3 Å². The Hall–Kier alpha value is -2.16. The van der Waals surface area contributed by atoms with E-state index in [1.54, 1.807) is 24.8 Å². The Labute approximate surface area is 203 Å². The van der Waals surface area contributed by atoms with Gasteiger partial charge < -0.3 is 10.1 Å². The van der Waals surface area contributed by atoms with Crippen LogP contribution in [0.15, 0.2) is 35.6 Å². The smallest absolute Gasteiger partial charge is 0.230 e. The summed E-state index contributed by atoms with van der Waals surface area (Å²) in [7, 11) is 1.69. The lowest BCUT2D eigenvalue weighted by atomic mass is 10.0. The lowest BCUT2D eigenvalue weighted by Gasteiger charge is -2.35. The van der Waals surface area contributed by atoms with E-state index in [-0.39, 0.29) is 11.9 Å². The summed E-state index contributed by atoms with van der Waals surface area (Å²) >= 11 is 3.32. The van der Waals surface area contributed by atoms with E-state index in [1.807, 2.05) is 12.1 Å². The highest BCUT2D eigenvalue weighted by atomic mass is 32.2. The average Bonchev–Trinajstić information content (AvgIpc) is 3.45. The van der Waals surface area contributed by atoms with Gasteiger partial charge >= 0.3 is 0 Å². The Kier molecular flexibility index (Phi) is 7.13. The molecular weight excluding hydrogens is 452 g/mol. The fourth-order valence-electron chi connectivity index (χ4n) is 4.92. The van der Waals surface area contributed by atoms with Crippen molar-refractivity contribution in [1.29, 1.82) is 0 Å². The van der Waals surface area contributed by atoms with Crippen LogP contribution in [0.1, 0.15) is 47.7 Å². The fourth-order valence-corrected chi connectivity index (χ4v) is 7.07. The molecule has 0 bridgehead atoms. The molecule has 1 amide bonds. The van der Waals surface area contributed by atoms with E-state index in [0.717, 1.165) is 41.5 Å². The van der Waals surface area contributed by atoms with Crippen LogP contribution < -0.4 is 10.1 Å². The first-order valence-corrected chi connectivity index (χ1v) is 13.6. The molecule has 6 nitrogen and oxygen atoms in total. The number of amides is 1. The number of carbonyl (C=O) groups is 1. The van der Waals surface area contributed by atoms with Gasteiger partial charge in [0.2, 0.25) is 5.91 Å². The van der Waals surface area contributed by atoms with Crippen molar-refractivity contribution in [2.45, 2.75) is 49.6 Å². The summed E-state index contributed by atoms with van der Waals surface area (Å²) in [6.45, 7) is 2.76. The van der Waals surface area contributed by atoms with Crippen LogP contribution in [0.3, 0.4) is 0 Å². The molecule has 3 heterocycles. The number of nitrogens with zero attached hydrogens (tertiary/aromatic N) is 3. The minimum Gasteiger partial charge on any atom is -0.497 e. The highest BCUT2D eigenvalue weighted by Crippen LogP contribution is 2.40.